The fourth-order valence-corrected chi connectivity index (χ4v) is 14.1. The molecule has 4 fully saturated rings. The number of hydrogen-bond acceptors (Lipinski definition) is 12. The molecule has 2 amide bonds. The molecule has 0 aliphatic carbocycles. The normalized spacial score (nSPS) is 22.8. The van der Waals surface area contributed by atoms with Crippen LogP contribution in [0.2, 0.25) is 0 Å². The number of hydrogen-bond donors (Lipinski definition) is 4. The lowest BCUT2D eigenvalue weighted by atomic mass is 9.88. The van der Waals surface area contributed by atoms with Crippen molar-refractivity contribution in [1.82, 2.24) is 20.4 Å². The third kappa shape index (κ3) is 12.3. The maximum Gasteiger partial charge on any atom is 0.410 e. The van der Waals surface area contributed by atoms with Crippen molar-refractivity contribution < 1.29 is 19.1 Å². The van der Waals surface area contributed by atoms with E-state index in [-0.39, 0.29) is 29.8 Å². The largest absolute Gasteiger partial charge is 0.444 e. The van der Waals surface area contributed by atoms with Crippen LogP contribution in [-0.2, 0) is 20.6 Å². The van der Waals surface area contributed by atoms with E-state index in [0.717, 1.165) is 114 Å². The Morgan fingerprint density at radius 2 is 0.886 bits per heavy atom. The van der Waals surface area contributed by atoms with Gasteiger partial charge in [0.1, 0.15) is 22.9 Å². The van der Waals surface area contributed by atoms with E-state index in [2.05, 4.69) is 164 Å². The number of aliphatic imine (C=N–C) groups is 4. The second-order valence-corrected chi connectivity index (χ2v) is 28.3. The van der Waals surface area contributed by atoms with Gasteiger partial charge in [-0.15, -0.1) is 0 Å². The Hall–Kier alpha value is -7.94. The number of amides is 2. The van der Waals surface area contributed by atoms with Gasteiger partial charge in [-0.3, -0.25) is 29.8 Å². The summed E-state index contributed by atoms with van der Waals surface area (Å²) in [5.74, 6) is 1.90. The van der Waals surface area contributed by atoms with Gasteiger partial charge >= 0.3 is 12.2 Å². The third-order valence-electron chi connectivity index (χ3n) is 18.6. The van der Waals surface area contributed by atoms with Crippen LogP contribution >= 0.6 is 0 Å². The van der Waals surface area contributed by atoms with Crippen molar-refractivity contribution in [3.8, 4) is 22.3 Å². The Labute approximate surface area is 519 Å². The molecule has 8 heterocycles. The molecule has 6 aromatic carbocycles. The van der Waals surface area contributed by atoms with Crippen LogP contribution in [0.5, 0.6) is 0 Å². The van der Waals surface area contributed by atoms with Gasteiger partial charge in [0.15, 0.2) is 0 Å². The van der Waals surface area contributed by atoms with Crippen LogP contribution in [0.3, 0.4) is 0 Å². The summed E-state index contributed by atoms with van der Waals surface area (Å²) in [7, 11) is 0. The Kier molecular flexibility index (Phi) is 15.6. The molecule has 0 bridgehead atoms. The van der Waals surface area contributed by atoms with Crippen molar-refractivity contribution in [3.63, 3.8) is 0 Å². The highest BCUT2D eigenvalue weighted by molar-refractivity contribution is 6.07. The summed E-state index contributed by atoms with van der Waals surface area (Å²) in [5, 5.41) is 19.3. The van der Waals surface area contributed by atoms with Gasteiger partial charge in [0, 0.05) is 78.3 Å². The number of benzene rings is 6. The van der Waals surface area contributed by atoms with E-state index < -0.39 is 16.7 Å². The van der Waals surface area contributed by atoms with Gasteiger partial charge in [-0.25, -0.2) is 9.59 Å². The third-order valence-corrected chi connectivity index (χ3v) is 18.6. The maximum absolute atomic E-state index is 13.1. The molecule has 8 aliphatic rings. The molecule has 0 saturated carbocycles. The first-order valence-electron chi connectivity index (χ1n) is 32.2. The van der Waals surface area contributed by atoms with Gasteiger partial charge in [-0.2, -0.15) is 0 Å². The van der Waals surface area contributed by atoms with Crippen LogP contribution in [0.15, 0.2) is 142 Å². The minimum atomic E-state index is -0.553. The zero-order valence-corrected chi connectivity index (χ0v) is 53.1. The Balaban J connectivity index is 0.000000170. The van der Waals surface area contributed by atoms with Crippen molar-refractivity contribution in [2.45, 2.75) is 180 Å². The number of carbonyl (C=O) groups is 2. The lowest BCUT2D eigenvalue weighted by Gasteiger charge is -2.36. The highest BCUT2D eigenvalue weighted by atomic mass is 16.6. The van der Waals surface area contributed by atoms with Crippen molar-refractivity contribution in [2.75, 3.05) is 36.8 Å². The van der Waals surface area contributed by atoms with E-state index in [9.17, 15) is 9.59 Å². The Bertz CT molecular complexity index is 3950. The van der Waals surface area contributed by atoms with Crippen LogP contribution in [0, 0.1) is 0 Å². The van der Waals surface area contributed by atoms with Crippen molar-refractivity contribution in [1.29, 1.82) is 0 Å². The second-order valence-electron chi connectivity index (χ2n) is 28.3. The average molecular weight is 1180 g/mol. The van der Waals surface area contributed by atoms with Gasteiger partial charge < -0.3 is 30.7 Å². The fraction of sp³-hybridized carbons (Fsp3) is 0.432. The lowest BCUT2D eigenvalue weighted by Crippen LogP contribution is -2.47. The predicted molar refractivity (Wildman–Crippen MR) is 361 cm³/mol. The number of nitrogens with zero attached hydrogens (tertiary/aromatic N) is 6. The molecule has 6 aromatic rings. The summed E-state index contributed by atoms with van der Waals surface area (Å²) in [6.07, 6.45) is 13.6. The molecule has 4 saturated heterocycles. The predicted octanol–water partition coefficient (Wildman–Crippen LogP) is 15.8. The average Bonchev–Trinajstić information content (AvgIpc) is 2.57. The minimum absolute atomic E-state index is 0.0160. The summed E-state index contributed by atoms with van der Waals surface area (Å²) in [6.45, 7) is 23.6. The summed E-state index contributed by atoms with van der Waals surface area (Å²) in [4.78, 5) is 49.4. The van der Waals surface area contributed by atoms with Crippen molar-refractivity contribution >= 4 is 79.3 Å². The maximum atomic E-state index is 13.1. The van der Waals surface area contributed by atoms with Crippen LogP contribution in [0.25, 0.3) is 54.9 Å². The first-order valence-corrected chi connectivity index (χ1v) is 32.2. The standard InChI is InChI=1S/C42H51N5O4.C32H35N5/c1-40(2,3)50-38(48)46-19-9-11-35(46)34-24-31(25-43-34)29-16-15-26-21-28(14-13-27(26)22-29)30-17-18-32-33(23-30)44-37(45-42(32,7)8)36-12-10-20-47(36)39(49)51-41(4,5)6;1-32(2)26-12-11-24(17-29(26)36-31(37-32)28-6-4-14-34-28)22-8-7-21-16-23(10-9-20(21)15-22)25-18-30(35-19-25)27-5-3-13-33-27/h13-18,21-23,25,35-36H,9-12,19-20,24H2,1-8H3,(H,44,45);7-12,15-17,19,27-28,33-34H,3-6,13-14,18H2,1-2H3,(H,36,37)/t35-,36-;27-,28-/m00/s1. The second kappa shape index (κ2) is 23.2. The van der Waals surface area contributed by atoms with Crippen LogP contribution < -0.4 is 21.3 Å². The molecule has 0 spiro atoms. The number of ether oxygens (including phenoxy) is 2. The van der Waals surface area contributed by atoms with Crippen LogP contribution in [0.4, 0.5) is 21.0 Å². The first kappa shape index (κ1) is 59.0. The monoisotopic (exact) mass is 1180 g/mol. The summed E-state index contributed by atoms with van der Waals surface area (Å²) in [6, 6.07) is 40.8. The molecule has 4 N–H and O–H groups in total. The number of anilines is 2. The summed E-state index contributed by atoms with van der Waals surface area (Å²) < 4.78 is 11.4. The van der Waals surface area contributed by atoms with Gasteiger partial charge in [0.2, 0.25) is 0 Å². The molecule has 14 nitrogen and oxygen atoms in total. The topological polar surface area (TPSA) is 157 Å². The SMILES string of the molecule is CC(C)(C)OC(=O)N1CCC[C@H]1C1=NC=C(c2ccc3cc(-c4ccc5c(c4)NC([C@@H]4CCCN4C(=O)OC(C)(C)C)=NC5(C)C)ccc3c2)C1.CC1(C)N=C([C@@H]2CCCN2)Nc2cc(-c3ccc4cc(C5=CN=C([C@@H]6CCCN6)C5)ccc4c3)ccc21. The zero-order chi connectivity index (χ0) is 61.3. The number of carbonyl (C=O) groups excluding carboxylic acids is 2. The molecule has 14 rings (SSSR count). The molecular weight excluding hydrogens is 1090 g/mol. The molecule has 456 valence electrons. The molecule has 88 heavy (non-hydrogen) atoms. The number of fused-ring (bicyclic) bond motifs is 4. The van der Waals surface area contributed by atoms with E-state index in [1.165, 1.54) is 74.8 Å². The highest BCUT2D eigenvalue weighted by Crippen LogP contribution is 2.42. The number of likely N-dealkylation sites (tertiary alicyclic amines) is 2. The summed E-state index contributed by atoms with van der Waals surface area (Å²) in [5.41, 5.74) is 14.8. The van der Waals surface area contributed by atoms with Gasteiger partial charge in [-0.05, 0) is 236 Å². The van der Waals surface area contributed by atoms with Gasteiger partial charge in [0.25, 0.3) is 0 Å². The molecule has 0 radical (unpaired) electrons. The Morgan fingerprint density at radius 3 is 1.39 bits per heavy atom. The summed E-state index contributed by atoms with van der Waals surface area (Å²) >= 11 is 0. The lowest BCUT2D eigenvalue weighted by molar-refractivity contribution is 0.0254. The van der Waals surface area contributed by atoms with Gasteiger partial charge in [-0.1, -0.05) is 72.8 Å². The number of nitrogens with one attached hydrogen (secondary N) is 4. The van der Waals surface area contributed by atoms with Crippen LogP contribution in [0.1, 0.15) is 156 Å². The highest BCUT2D eigenvalue weighted by Gasteiger charge is 2.41. The first-order chi connectivity index (χ1) is 42.1. The van der Waals surface area contributed by atoms with E-state index >= 15 is 0 Å². The van der Waals surface area contributed by atoms with Crippen molar-refractivity contribution in [3.05, 3.63) is 144 Å². The fourth-order valence-electron chi connectivity index (χ4n) is 14.1. The quantitative estimate of drug-likeness (QED) is 0.117. The zero-order valence-electron chi connectivity index (χ0n) is 53.1. The molecule has 4 atom stereocenters. The van der Waals surface area contributed by atoms with Gasteiger partial charge in [0.05, 0.1) is 29.2 Å². The molecule has 0 aromatic heterocycles. The Morgan fingerprint density at radius 1 is 0.477 bits per heavy atom. The minimum Gasteiger partial charge on any atom is -0.444 e. The molecule has 14 heteroatoms. The number of allylic oxidation sites excluding steroid dienone is 2. The molecule has 8 aliphatic heterocycles. The number of rotatable bonds is 8. The van der Waals surface area contributed by atoms with E-state index in [1.54, 1.807) is 0 Å². The number of amidine groups is 2. The molecular formula is C74H86N10O4. The smallest absolute Gasteiger partial charge is 0.410 e. The molecule has 0 unspecified atom stereocenters. The van der Waals surface area contributed by atoms with E-state index in [1.807, 2.05) is 57.5 Å². The van der Waals surface area contributed by atoms with Crippen LogP contribution in [-0.4, -0.2) is 107 Å². The van der Waals surface area contributed by atoms with E-state index in [0.29, 0.717) is 25.2 Å². The van der Waals surface area contributed by atoms with Crippen molar-refractivity contribution in [2.24, 2.45) is 20.0 Å². The van der Waals surface area contributed by atoms with E-state index in [4.69, 9.17) is 29.4 Å².